The summed E-state index contributed by atoms with van der Waals surface area (Å²) < 4.78 is 1.07. The largest absolute Gasteiger partial charge is 0.316 e. The first-order valence-electron chi connectivity index (χ1n) is 8.00. The second-order valence-corrected chi connectivity index (χ2v) is 7.23. The fraction of sp³-hybridized carbons (Fsp3) is 0.706. The maximum atomic E-state index is 4.56. The Morgan fingerprint density at radius 3 is 2.85 bits per heavy atom. The van der Waals surface area contributed by atoms with E-state index in [2.05, 4.69) is 52.2 Å². The van der Waals surface area contributed by atoms with Gasteiger partial charge < -0.3 is 5.32 Å². The number of aromatic nitrogens is 1. The van der Waals surface area contributed by atoms with E-state index in [0.717, 1.165) is 35.2 Å². The fourth-order valence-electron chi connectivity index (χ4n) is 3.34. The number of halogens is 1. The van der Waals surface area contributed by atoms with Crippen LogP contribution in [0.4, 0.5) is 0 Å². The Hall–Kier alpha value is -0.410. The number of hydrogen-bond acceptors (Lipinski definition) is 2. The summed E-state index contributed by atoms with van der Waals surface area (Å²) in [5, 5.41) is 3.62. The van der Waals surface area contributed by atoms with Crippen molar-refractivity contribution in [2.24, 2.45) is 17.8 Å². The van der Waals surface area contributed by atoms with Gasteiger partial charge in [-0.05, 0) is 84.6 Å². The van der Waals surface area contributed by atoms with Crippen LogP contribution in [0, 0.1) is 17.8 Å². The van der Waals surface area contributed by atoms with E-state index >= 15 is 0 Å². The summed E-state index contributed by atoms with van der Waals surface area (Å²) >= 11 is 3.46. The maximum Gasteiger partial charge on any atom is 0.0413 e. The van der Waals surface area contributed by atoms with Gasteiger partial charge in [-0.15, -0.1) is 0 Å². The van der Waals surface area contributed by atoms with Gasteiger partial charge in [-0.1, -0.05) is 20.3 Å². The zero-order chi connectivity index (χ0) is 14.4. The molecular formula is C17H27BrN2. The molecule has 0 aromatic carbocycles. The maximum absolute atomic E-state index is 4.56. The summed E-state index contributed by atoms with van der Waals surface area (Å²) in [7, 11) is 0. The molecule has 0 bridgehead atoms. The van der Waals surface area contributed by atoms with Gasteiger partial charge in [-0.3, -0.25) is 4.98 Å². The van der Waals surface area contributed by atoms with Crippen LogP contribution in [0.5, 0.6) is 0 Å². The van der Waals surface area contributed by atoms with Crippen molar-refractivity contribution < 1.29 is 0 Å². The minimum atomic E-state index is 0.789. The van der Waals surface area contributed by atoms with Crippen LogP contribution in [0.1, 0.15) is 45.2 Å². The lowest BCUT2D eigenvalue weighted by Crippen LogP contribution is -2.34. The highest BCUT2D eigenvalue weighted by molar-refractivity contribution is 9.10. The molecular weight excluding hydrogens is 312 g/mol. The molecule has 2 rings (SSSR count). The van der Waals surface area contributed by atoms with Crippen LogP contribution in [0.3, 0.4) is 0 Å². The standard InChI is InChI=1S/C17H27BrN2/c1-3-8-19-11-14-5-4-13(2)9-15(14)10-17-7-6-16(18)12-20-17/h6-7,12-15,19H,3-5,8-11H2,1-2H3. The van der Waals surface area contributed by atoms with Gasteiger partial charge in [0.05, 0.1) is 0 Å². The fourth-order valence-corrected chi connectivity index (χ4v) is 3.57. The number of nitrogens with one attached hydrogen (secondary N) is 1. The zero-order valence-corrected chi connectivity index (χ0v) is 14.3. The van der Waals surface area contributed by atoms with Gasteiger partial charge in [-0.25, -0.2) is 0 Å². The monoisotopic (exact) mass is 338 g/mol. The molecule has 3 heteroatoms. The zero-order valence-electron chi connectivity index (χ0n) is 12.7. The Labute approximate surface area is 131 Å². The highest BCUT2D eigenvalue weighted by Crippen LogP contribution is 2.35. The number of rotatable bonds is 6. The predicted molar refractivity (Wildman–Crippen MR) is 88.8 cm³/mol. The topological polar surface area (TPSA) is 24.9 Å². The number of nitrogens with zero attached hydrogens (tertiary/aromatic N) is 1. The van der Waals surface area contributed by atoms with Crippen molar-refractivity contribution in [3.63, 3.8) is 0 Å². The Morgan fingerprint density at radius 1 is 1.30 bits per heavy atom. The molecule has 1 aromatic rings. The lowest BCUT2D eigenvalue weighted by molar-refractivity contribution is 0.183. The molecule has 20 heavy (non-hydrogen) atoms. The van der Waals surface area contributed by atoms with Crippen molar-refractivity contribution in [1.29, 1.82) is 0 Å². The van der Waals surface area contributed by atoms with Crippen LogP contribution >= 0.6 is 15.9 Å². The minimum Gasteiger partial charge on any atom is -0.316 e. The normalized spacial score (nSPS) is 26.6. The van der Waals surface area contributed by atoms with Crippen molar-refractivity contribution in [3.8, 4) is 0 Å². The molecule has 1 saturated carbocycles. The van der Waals surface area contributed by atoms with Gasteiger partial charge in [0.1, 0.15) is 0 Å². The third kappa shape index (κ3) is 4.85. The van der Waals surface area contributed by atoms with Crippen LogP contribution < -0.4 is 5.32 Å². The SMILES string of the molecule is CCCNCC1CCC(C)CC1Cc1ccc(Br)cn1. The van der Waals surface area contributed by atoms with E-state index in [1.165, 1.54) is 37.9 Å². The first kappa shape index (κ1) is 16.0. The lowest BCUT2D eigenvalue weighted by atomic mass is 9.72. The molecule has 3 unspecified atom stereocenters. The summed E-state index contributed by atoms with van der Waals surface area (Å²) in [6, 6.07) is 4.28. The first-order valence-corrected chi connectivity index (χ1v) is 8.79. The molecule has 3 atom stereocenters. The van der Waals surface area contributed by atoms with Crippen molar-refractivity contribution in [2.45, 2.75) is 46.0 Å². The predicted octanol–water partition coefficient (Wildman–Crippen LogP) is 4.44. The van der Waals surface area contributed by atoms with E-state index in [1.54, 1.807) is 0 Å². The molecule has 0 amide bonds. The summed E-state index contributed by atoms with van der Waals surface area (Å²) in [6.07, 6.45) is 8.40. The van der Waals surface area contributed by atoms with E-state index in [9.17, 15) is 0 Å². The molecule has 0 saturated heterocycles. The van der Waals surface area contributed by atoms with Gasteiger partial charge >= 0.3 is 0 Å². The van der Waals surface area contributed by atoms with Crippen LogP contribution in [0.25, 0.3) is 0 Å². The summed E-state index contributed by atoms with van der Waals surface area (Å²) in [6.45, 7) is 6.97. The van der Waals surface area contributed by atoms with Gasteiger partial charge in [0, 0.05) is 16.4 Å². The molecule has 112 valence electrons. The van der Waals surface area contributed by atoms with Crippen LogP contribution in [-0.4, -0.2) is 18.1 Å². The van der Waals surface area contributed by atoms with Crippen molar-refractivity contribution in [2.75, 3.05) is 13.1 Å². The molecule has 0 aliphatic heterocycles. The lowest BCUT2D eigenvalue weighted by Gasteiger charge is -2.35. The molecule has 0 spiro atoms. The molecule has 0 radical (unpaired) electrons. The number of hydrogen-bond donors (Lipinski definition) is 1. The first-order chi connectivity index (χ1) is 9.69. The second kappa shape index (κ2) is 8.14. The van der Waals surface area contributed by atoms with E-state index in [1.807, 2.05) is 6.20 Å². The van der Waals surface area contributed by atoms with Crippen LogP contribution in [0.15, 0.2) is 22.8 Å². The van der Waals surface area contributed by atoms with E-state index in [0.29, 0.717) is 0 Å². The smallest absolute Gasteiger partial charge is 0.0413 e. The van der Waals surface area contributed by atoms with Gasteiger partial charge in [-0.2, -0.15) is 0 Å². The molecule has 2 nitrogen and oxygen atoms in total. The molecule has 1 heterocycles. The van der Waals surface area contributed by atoms with Gasteiger partial charge in [0.25, 0.3) is 0 Å². The highest BCUT2D eigenvalue weighted by Gasteiger charge is 2.28. The van der Waals surface area contributed by atoms with E-state index in [4.69, 9.17) is 0 Å². The Kier molecular flexibility index (Phi) is 6.50. The van der Waals surface area contributed by atoms with Crippen molar-refractivity contribution in [3.05, 3.63) is 28.5 Å². The third-order valence-electron chi connectivity index (χ3n) is 4.50. The summed E-state index contributed by atoms with van der Waals surface area (Å²) in [5.74, 6) is 2.48. The third-order valence-corrected chi connectivity index (χ3v) is 4.96. The quantitative estimate of drug-likeness (QED) is 0.775. The van der Waals surface area contributed by atoms with E-state index in [-0.39, 0.29) is 0 Å². The van der Waals surface area contributed by atoms with Gasteiger partial charge in [0.2, 0.25) is 0 Å². The average Bonchev–Trinajstić information content (AvgIpc) is 2.44. The molecule has 1 aliphatic rings. The number of pyridine rings is 1. The Morgan fingerprint density at radius 2 is 2.15 bits per heavy atom. The molecule has 1 aliphatic carbocycles. The van der Waals surface area contributed by atoms with E-state index < -0.39 is 0 Å². The summed E-state index contributed by atoms with van der Waals surface area (Å²) in [5.41, 5.74) is 1.24. The van der Waals surface area contributed by atoms with Crippen LogP contribution in [-0.2, 0) is 6.42 Å². The molecule has 1 fully saturated rings. The van der Waals surface area contributed by atoms with Crippen LogP contribution in [0.2, 0.25) is 0 Å². The Balaban J connectivity index is 1.94. The minimum absolute atomic E-state index is 0.789. The van der Waals surface area contributed by atoms with Crippen molar-refractivity contribution >= 4 is 15.9 Å². The van der Waals surface area contributed by atoms with Gasteiger partial charge in [0.15, 0.2) is 0 Å². The molecule has 1 aromatic heterocycles. The summed E-state index contributed by atoms with van der Waals surface area (Å²) in [4.78, 5) is 4.56. The Bertz CT molecular complexity index is 390. The average molecular weight is 339 g/mol. The second-order valence-electron chi connectivity index (χ2n) is 6.31. The van der Waals surface area contributed by atoms with Crippen molar-refractivity contribution in [1.82, 2.24) is 10.3 Å². The molecule has 1 N–H and O–H groups in total. The highest BCUT2D eigenvalue weighted by atomic mass is 79.9.